The molecule has 1 heterocycles. The lowest BCUT2D eigenvalue weighted by molar-refractivity contribution is -0.143. The van der Waals surface area contributed by atoms with Gasteiger partial charge in [0, 0.05) is 32.9 Å². The molecule has 0 spiro atoms. The molecule has 0 aliphatic heterocycles. The van der Waals surface area contributed by atoms with Crippen molar-refractivity contribution >= 4 is 11.9 Å². The molecule has 0 aliphatic carbocycles. The first-order valence-corrected chi connectivity index (χ1v) is 5.27. The molecule has 0 radical (unpaired) electrons. The molecular formula is C11H17N3O2. The van der Waals surface area contributed by atoms with Crippen LogP contribution >= 0.6 is 0 Å². The van der Waals surface area contributed by atoms with E-state index in [9.17, 15) is 4.79 Å². The van der Waals surface area contributed by atoms with Gasteiger partial charge in [0.25, 0.3) is 0 Å². The van der Waals surface area contributed by atoms with Gasteiger partial charge in [0.2, 0.25) is 5.95 Å². The van der Waals surface area contributed by atoms with Gasteiger partial charge in [-0.25, -0.2) is 9.97 Å². The van der Waals surface area contributed by atoms with Crippen LogP contribution in [-0.2, 0) is 16.0 Å². The Hall–Kier alpha value is -1.65. The number of hydrogen-bond donors (Lipinski definition) is 0. The Bertz CT molecular complexity index is 336. The van der Waals surface area contributed by atoms with Crippen LogP contribution in [0.3, 0.4) is 0 Å². The zero-order chi connectivity index (χ0) is 12.0. The molecule has 0 N–H and O–H groups in total. The van der Waals surface area contributed by atoms with Gasteiger partial charge >= 0.3 is 5.97 Å². The van der Waals surface area contributed by atoms with E-state index in [2.05, 4.69) is 9.97 Å². The molecule has 1 aromatic heterocycles. The SMILES string of the molecule is CCOC(=O)CCc1cnc(N(C)C)nc1. The summed E-state index contributed by atoms with van der Waals surface area (Å²) < 4.78 is 4.84. The summed E-state index contributed by atoms with van der Waals surface area (Å²) in [4.78, 5) is 21.3. The molecule has 0 saturated carbocycles. The van der Waals surface area contributed by atoms with Crippen molar-refractivity contribution in [2.75, 3.05) is 25.6 Å². The van der Waals surface area contributed by atoms with Gasteiger partial charge in [0.05, 0.1) is 6.61 Å². The number of nitrogens with zero attached hydrogens (tertiary/aromatic N) is 3. The van der Waals surface area contributed by atoms with Crippen LogP contribution in [0.1, 0.15) is 18.9 Å². The first-order chi connectivity index (χ1) is 7.63. The monoisotopic (exact) mass is 223 g/mol. The molecule has 0 fully saturated rings. The average molecular weight is 223 g/mol. The van der Waals surface area contributed by atoms with E-state index in [0.29, 0.717) is 25.4 Å². The lowest BCUT2D eigenvalue weighted by Crippen LogP contribution is -2.12. The second kappa shape index (κ2) is 6.05. The molecule has 0 atom stereocenters. The Morgan fingerprint density at radius 1 is 1.38 bits per heavy atom. The average Bonchev–Trinajstić information content (AvgIpc) is 2.27. The highest BCUT2D eigenvalue weighted by atomic mass is 16.5. The summed E-state index contributed by atoms with van der Waals surface area (Å²) in [6.07, 6.45) is 4.47. The predicted octanol–water partition coefficient (Wildman–Crippen LogP) is 1.04. The number of aromatic nitrogens is 2. The Kier molecular flexibility index (Phi) is 4.69. The Morgan fingerprint density at radius 2 is 2.00 bits per heavy atom. The van der Waals surface area contributed by atoms with Gasteiger partial charge in [-0.1, -0.05) is 0 Å². The van der Waals surface area contributed by atoms with Gasteiger partial charge in [-0.15, -0.1) is 0 Å². The smallest absolute Gasteiger partial charge is 0.306 e. The van der Waals surface area contributed by atoms with E-state index < -0.39 is 0 Å². The van der Waals surface area contributed by atoms with Gasteiger partial charge in [0.1, 0.15) is 0 Å². The van der Waals surface area contributed by atoms with Crippen LogP contribution in [0.2, 0.25) is 0 Å². The molecular weight excluding hydrogens is 206 g/mol. The summed E-state index contributed by atoms with van der Waals surface area (Å²) in [6.45, 7) is 2.22. The number of carbonyl (C=O) groups excluding carboxylic acids is 1. The van der Waals surface area contributed by atoms with Gasteiger partial charge in [-0.3, -0.25) is 4.79 Å². The summed E-state index contributed by atoms with van der Waals surface area (Å²) in [7, 11) is 3.77. The largest absolute Gasteiger partial charge is 0.466 e. The summed E-state index contributed by atoms with van der Waals surface area (Å²) >= 11 is 0. The number of aryl methyl sites for hydroxylation is 1. The predicted molar refractivity (Wildman–Crippen MR) is 61.3 cm³/mol. The quantitative estimate of drug-likeness (QED) is 0.698. The van der Waals surface area contributed by atoms with Crippen LogP contribution in [0.4, 0.5) is 5.95 Å². The van der Waals surface area contributed by atoms with Crippen molar-refractivity contribution in [2.45, 2.75) is 19.8 Å². The second-order valence-corrected chi connectivity index (χ2v) is 3.59. The Morgan fingerprint density at radius 3 is 2.50 bits per heavy atom. The summed E-state index contributed by atoms with van der Waals surface area (Å²) in [5.74, 6) is 0.485. The highest BCUT2D eigenvalue weighted by Gasteiger charge is 2.04. The van der Waals surface area contributed by atoms with Crippen LogP contribution in [-0.4, -0.2) is 36.6 Å². The van der Waals surface area contributed by atoms with E-state index in [-0.39, 0.29) is 5.97 Å². The number of anilines is 1. The molecule has 1 rings (SSSR count). The summed E-state index contributed by atoms with van der Waals surface area (Å²) in [5.41, 5.74) is 0.943. The third-order valence-electron chi connectivity index (χ3n) is 2.01. The maximum Gasteiger partial charge on any atom is 0.306 e. The summed E-state index contributed by atoms with van der Waals surface area (Å²) in [5, 5.41) is 0. The van der Waals surface area contributed by atoms with E-state index >= 15 is 0 Å². The van der Waals surface area contributed by atoms with E-state index in [1.54, 1.807) is 19.3 Å². The van der Waals surface area contributed by atoms with Crippen LogP contribution in [0.15, 0.2) is 12.4 Å². The van der Waals surface area contributed by atoms with Gasteiger partial charge in [-0.05, 0) is 18.9 Å². The molecule has 0 aliphatic rings. The normalized spacial score (nSPS) is 9.94. The third-order valence-corrected chi connectivity index (χ3v) is 2.01. The standard InChI is InChI=1S/C11H17N3O2/c1-4-16-10(15)6-5-9-7-12-11(13-8-9)14(2)3/h7-8H,4-6H2,1-3H3. The first-order valence-electron chi connectivity index (χ1n) is 5.27. The molecule has 0 aromatic carbocycles. The second-order valence-electron chi connectivity index (χ2n) is 3.59. The maximum atomic E-state index is 11.1. The molecule has 0 unspecified atom stereocenters. The van der Waals surface area contributed by atoms with Gasteiger partial charge < -0.3 is 9.64 Å². The molecule has 0 bridgehead atoms. The minimum Gasteiger partial charge on any atom is -0.466 e. The molecule has 1 aromatic rings. The molecule has 0 amide bonds. The number of hydrogen-bond acceptors (Lipinski definition) is 5. The zero-order valence-electron chi connectivity index (χ0n) is 9.93. The number of carbonyl (C=O) groups is 1. The van der Waals surface area contributed by atoms with Crippen LogP contribution < -0.4 is 4.90 Å². The fourth-order valence-electron chi connectivity index (χ4n) is 1.19. The third kappa shape index (κ3) is 3.84. The molecule has 5 nitrogen and oxygen atoms in total. The fourth-order valence-corrected chi connectivity index (χ4v) is 1.19. The molecule has 5 heteroatoms. The number of ether oxygens (including phenoxy) is 1. The highest BCUT2D eigenvalue weighted by molar-refractivity contribution is 5.69. The number of rotatable bonds is 5. The topological polar surface area (TPSA) is 55.3 Å². The van der Waals surface area contributed by atoms with Crippen LogP contribution in [0.25, 0.3) is 0 Å². The molecule has 0 saturated heterocycles. The Labute approximate surface area is 95.5 Å². The van der Waals surface area contributed by atoms with E-state index in [4.69, 9.17) is 4.74 Å². The van der Waals surface area contributed by atoms with Crippen molar-refractivity contribution < 1.29 is 9.53 Å². The van der Waals surface area contributed by atoms with Gasteiger partial charge in [-0.2, -0.15) is 0 Å². The lowest BCUT2D eigenvalue weighted by atomic mass is 10.2. The fraction of sp³-hybridized carbons (Fsp3) is 0.545. The van der Waals surface area contributed by atoms with E-state index in [1.165, 1.54) is 0 Å². The van der Waals surface area contributed by atoms with Crippen molar-refractivity contribution in [1.82, 2.24) is 9.97 Å². The summed E-state index contributed by atoms with van der Waals surface area (Å²) in [6, 6.07) is 0. The maximum absolute atomic E-state index is 11.1. The molecule has 88 valence electrons. The minimum absolute atomic E-state index is 0.181. The van der Waals surface area contributed by atoms with Crippen molar-refractivity contribution in [3.05, 3.63) is 18.0 Å². The molecule has 16 heavy (non-hydrogen) atoms. The highest BCUT2D eigenvalue weighted by Crippen LogP contribution is 2.05. The van der Waals surface area contributed by atoms with Crippen LogP contribution in [0, 0.1) is 0 Å². The van der Waals surface area contributed by atoms with Crippen molar-refractivity contribution in [3.63, 3.8) is 0 Å². The van der Waals surface area contributed by atoms with Crippen molar-refractivity contribution in [3.8, 4) is 0 Å². The first kappa shape index (κ1) is 12.4. The van der Waals surface area contributed by atoms with Crippen LogP contribution in [0.5, 0.6) is 0 Å². The van der Waals surface area contributed by atoms with E-state index in [0.717, 1.165) is 5.56 Å². The number of esters is 1. The Balaban J connectivity index is 2.46. The van der Waals surface area contributed by atoms with Gasteiger partial charge in [0.15, 0.2) is 0 Å². The van der Waals surface area contributed by atoms with Crippen molar-refractivity contribution in [2.24, 2.45) is 0 Å². The van der Waals surface area contributed by atoms with Crippen molar-refractivity contribution in [1.29, 1.82) is 0 Å². The minimum atomic E-state index is -0.181. The lowest BCUT2D eigenvalue weighted by Gasteiger charge is -2.09. The zero-order valence-corrected chi connectivity index (χ0v) is 9.93. The van der Waals surface area contributed by atoms with E-state index in [1.807, 2.05) is 19.0 Å².